The molecule has 96 valence electrons. The van der Waals surface area contributed by atoms with Crippen molar-refractivity contribution in [1.29, 1.82) is 0 Å². The fourth-order valence-electron chi connectivity index (χ4n) is 1.98. The van der Waals surface area contributed by atoms with Crippen molar-refractivity contribution in [3.05, 3.63) is 34.9 Å². The third kappa shape index (κ3) is 4.30. The molecule has 0 aliphatic heterocycles. The normalized spacial score (nSPS) is 14.9. The Morgan fingerprint density at radius 2 is 1.82 bits per heavy atom. The predicted octanol–water partition coefficient (Wildman–Crippen LogP) is 3.46. The van der Waals surface area contributed by atoms with Crippen LogP contribution < -0.4 is 5.73 Å². The minimum Gasteiger partial charge on any atom is -0.330 e. The van der Waals surface area contributed by atoms with Crippen LogP contribution in [0.15, 0.2) is 24.3 Å². The summed E-state index contributed by atoms with van der Waals surface area (Å²) in [5.74, 6) is 0. The highest BCUT2D eigenvalue weighted by Crippen LogP contribution is 2.23. The predicted molar refractivity (Wildman–Crippen MR) is 75.4 cm³/mol. The number of nitrogens with two attached hydrogens (primary N) is 1. The summed E-state index contributed by atoms with van der Waals surface area (Å²) < 4.78 is 0. The van der Waals surface area contributed by atoms with Crippen LogP contribution in [0.5, 0.6) is 0 Å². The van der Waals surface area contributed by atoms with Gasteiger partial charge < -0.3 is 5.73 Å². The second kappa shape index (κ2) is 7.00. The van der Waals surface area contributed by atoms with E-state index in [0.717, 1.165) is 24.4 Å². The largest absolute Gasteiger partial charge is 0.330 e. The molecule has 1 aromatic carbocycles. The van der Waals surface area contributed by atoms with Gasteiger partial charge in [0.25, 0.3) is 0 Å². The molecule has 0 saturated heterocycles. The van der Waals surface area contributed by atoms with Crippen LogP contribution in [-0.4, -0.2) is 24.5 Å². The zero-order valence-electron chi connectivity index (χ0n) is 11.0. The average molecular weight is 255 g/mol. The van der Waals surface area contributed by atoms with Crippen LogP contribution >= 0.6 is 11.6 Å². The van der Waals surface area contributed by atoms with Gasteiger partial charge in [-0.1, -0.05) is 23.7 Å². The Bertz CT molecular complexity index is 323. The van der Waals surface area contributed by atoms with Crippen LogP contribution in [0.2, 0.25) is 5.02 Å². The van der Waals surface area contributed by atoms with Gasteiger partial charge in [0.1, 0.15) is 0 Å². The van der Waals surface area contributed by atoms with E-state index < -0.39 is 0 Å². The summed E-state index contributed by atoms with van der Waals surface area (Å²) in [6.45, 7) is 5.25. The minimum atomic E-state index is 0.403. The van der Waals surface area contributed by atoms with Crippen LogP contribution in [0.25, 0.3) is 0 Å². The minimum absolute atomic E-state index is 0.403. The summed E-state index contributed by atoms with van der Waals surface area (Å²) in [6, 6.07) is 9.04. The fourth-order valence-corrected chi connectivity index (χ4v) is 2.10. The fraction of sp³-hybridized carbons (Fsp3) is 0.571. The Morgan fingerprint density at radius 1 is 1.24 bits per heavy atom. The van der Waals surface area contributed by atoms with E-state index in [9.17, 15) is 0 Å². The van der Waals surface area contributed by atoms with Crippen LogP contribution in [0.1, 0.15) is 38.3 Å². The molecule has 3 heteroatoms. The summed E-state index contributed by atoms with van der Waals surface area (Å²) in [5, 5.41) is 0.791. The maximum absolute atomic E-state index is 5.90. The molecule has 0 saturated carbocycles. The number of hydrogen-bond donors (Lipinski definition) is 1. The van der Waals surface area contributed by atoms with E-state index in [1.165, 1.54) is 5.56 Å². The highest BCUT2D eigenvalue weighted by Gasteiger charge is 2.16. The lowest BCUT2D eigenvalue weighted by Gasteiger charge is -2.31. The van der Waals surface area contributed by atoms with Crippen LogP contribution in [0.3, 0.4) is 0 Å². The third-order valence-corrected chi connectivity index (χ3v) is 3.74. The van der Waals surface area contributed by atoms with E-state index in [2.05, 4.69) is 37.9 Å². The van der Waals surface area contributed by atoms with Crippen LogP contribution in [-0.2, 0) is 0 Å². The van der Waals surface area contributed by atoms with Crippen molar-refractivity contribution < 1.29 is 0 Å². The Morgan fingerprint density at radius 3 is 2.35 bits per heavy atom. The molecule has 17 heavy (non-hydrogen) atoms. The van der Waals surface area contributed by atoms with Crippen LogP contribution in [0, 0.1) is 0 Å². The van der Waals surface area contributed by atoms with Gasteiger partial charge in [0, 0.05) is 17.1 Å². The first-order chi connectivity index (χ1) is 8.06. The van der Waals surface area contributed by atoms with Crippen molar-refractivity contribution in [3.63, 3.8) is 0 Å². The lowest BCUT2D eigenvalue weighted by molar-refractivity contribution is 0.187. The van der Waals surface area contributed by atoms with Gasteiger partial charge in [-0.3, -0.25) is 4.90 Å². The van der Waals surface area contributed by atoms with Crippen molar-refractivity contribution in [1.82, 2.24) is 4.90 Å². The zero-order chi connectivity index (χ0) is 12.8. The molecule has 0 radical (unpaired) electrons. The molecule has 1 rings (SSSR count). The lowest BCUT2D eigenvalue weighted by atomic mass is 10.0. The first-order valence-electron chi connectivity index (χ1n) is 6.23. The molecule has 0 aliphatic rings. The number of nitrogens with zero attached hydrogens (tertiary/aromatic N) is 1. The maximum atomic E-state index is 5.90. The molecule has 0 heterocycles. The molecule has 2 unspecified atom stereocenters. The molecule has 1 aromatic rings. The van der Waals surface area contributed by atoms with E-state index >= 15 is 0 Å². The monoisotopic (exact) mass is 254 g/mol. The second-order valence-corrected chi connectivity index (χ2v) is 5.11. The molecule has 2 nitrogen and oxygen atoms in total. The molecule has 0 aliphatic carbocycles. The molecular weight excluding hydrogens is 232 g/mol. The lowest BCUT2D eigenvalue weighted by Crippen LogP contribution is -2.32. The zero-order valence-corrected chi connectivity index (χ0v) is 11.7. The first-order valence-corrected chi connectivity index (χ1v) is 6.61. The molecule has 2 atom stereocenters. The molecule has 0 fully saturated rings. The Kier molecular flexibility index (Phi) is 5.96. The Labute approximate surface area is 110 Å². The van der Waals surface area contributed by atoms with E-state index in [4.69, 9.17) is 17.3 Å². The summed E-state index contributed by atoms with van der Waals surface area (Å²) in [6.07, 6.45) is 2.23. The summed E-state index contributed by atoms with van der Waals surface area (Å²) in [4.78, 5) is 2.39. The van der Waals surface area contributed by atoms with Gasteiger partial charge >= 0.3 is 0 Å². The van der Waals surface area contributed by atoms with Gasteiger partial charge in [0.15, 0.2) is 0 Å². The smallest absolute Gasteiger partial charge is 0.0406 e. The highest BCUT2D eigenvalue weighted by molar-refractivity contribution is 6.30. The average Bonchev–Trinajstić information content (AvgIpc) is 2.35. The van der Waals surface area contributed by atoms with E-state index in [1.54, 1.807) is 0 Å². The van der Waals surface area contributed by atoms with Gasteiger partial charge in [-0.15, -0.1) is 0 Å². The van der Waals surface area contributed by atoms with Gasteiger partial charge in [0.05, 0.1) is 0 Å². The molecule has 0 amide bonds. The van der Waals surface area contributed by atoms with Crippen molar-refractivity contribution in [2.75, 3.05) is 13.6 Å². The molecule has 0 aromatic heterocycles. The highest BCUT2D eigenvalue weighted by atomic mass is 35.5. The number of halogens is 1. The van der Waals surface area contributed by atoms with Crippen molar-refractivity contribution in [2.24, 2.45) is 5.73 Å². The summed E-state index contributed by atoms with van der Waals surface area (Å²) in [7, 11) is 2.17. The van der Waals surface area contributed by atoms with Gasteiger partial charge in [-0.05, 0) is 58.0 Å². The topological polar surface area (TPSA) is 29.3 Å². The van der Waals surface area contributed by atoms with E-state index in [-0.39, 0.29) is 0 Å². The van der Waals surface area contributed by atoms with Gasteiger partial charge in [-0.2, -0.15) is 0 Å². The standard InChI is InChI=1S/C14H23ClN2/c1-11(5-4-10-16)17(3)12(2)13-6-8-14(15)9-7-13/h6-9,11-12H,4-5,10,16H2,1-3H3. The van der Waals surface area contributed by atoms with Gasteiger partial charge in [-0.25, -0.2) is 0 Å². The van der Waals surface area contributed by atoms with Gasteiger partial charge in [0.2, 0.25) is 0 Å². The summed E-state index contributed by atoms with van der Waals surface area (Å²) >= 11 is 5.90. The Balaban J connectivity index is 2.62. The molecule has 0 spiro atoms. The second-order valence-electron chi connectivity index (χ2n) is 4.67. The molecular formula is C14H23ClN2. The van der Waals surface area contributed by atoms with Crippen LogP contribution in [0.4, 0.5) is 0 Å². The quantitative estimate of drug-likeness (QED) is 0.843. The Hall–Kier alpha value is -0.570. The van der Waals surface area contributed by atoms with E-state index in [1.807, 2.05) is 12.1 Å². The number of benzene rings is 1. The van der Waals surface area contributed by atoms with E-state index in [0.29, 0.717) is 12.1 Å². The SMILES string of the molecule is CC(CCCN)N(C)C(C)c1ccc(Cl)cc1. The van der Waals surface area contributed by atoms with Crippen molar-refractivity contribution in [3.8, 4) is 0 Å². The third-order valence-electron chi connectivity index (χ3n) is 3.48. The molecule has 0 bridgehead atoms. The van der Waals surface area contributed by atoms with Crippen molar-refractivity contribution in [2.45, 2.75) is 38.8 Å². The molecule has 2 N–H and O–H groups in total. The number of hydrogen-bond acceptors (Lipinski definition) is 2. The van der Waals surface area contributed by atoms with Crippen molar-refractivity contribution >= 4 is 11.6 Å². The number of rotatable bonds is 6. The maximum Gasteiger partial charge on any atom is 0.0406 e. The summed E-state index contributed by atoms with van der Waals surface area (Å²) in [5.41, 5.74) is 6.85. The first kappa shape index (κ1) is 14.5.